The van der Waals surface area contributed by atoms with Gasteiger partial charge in [0, 0.05) is 65.3 Å². The first-order valence-electron chi connectivity index (χ1n) is 16.7. The molecule has 0 atom stereocenters. The second-order valence-corrected chi connectivity index (χ2v) is 12.7. The van der Waals surface area contributed by atoms with Gasteiger partial charge in [0.15, 0.2) is 12.4 Å². The molecule has 0 amide bonds. The third kappa shape index (κ3) is 5.24. The maximum absolute atomic E-state index is 5.35. The smallest absolute Gasteiger partial charge is 0.169 e. The molecule has 6 heteroatoms. The van der Waals surface area contributed by atoms with Gasteiger partial charge in [-0.05, 0) is 83.0 Å². The summed E-state index contributed by atoms with van der Waals surface area (Å²) < 4.78 is 2.05. The molecule has 0 radical (unpaired) electrons. The quantitative estimate of drug-likeness (QED) is 0.225. The molecule has 0 saturated heterocycles. The lowest BCUT2D eigenvalue weighted by molar-refractivity contribution is -0.671. The van der Waals surface area contributed by atoms with Crippen LogP contribution in [0.5, 0.6) is 0 Å². The van der Waals surface area contributed by atoms with Crippen LogP contribution in [-0.2, 0) is 7.05 Å². The molecule has 6 nitrogen and oxygen atoms in total. The number of aromatic nitrogens is 2. The molecule has 9 rings (SSSR count). The van der Waals surface area contributed by atoms with Crippen molar-refractivity contribution in [3.05, 3.63) is 215 Å². The van der Waals surface area contributed by atoms with Crippen LogP contribution in [0, 0.1) is 0 Å². The van der Waals surface area contributed by atoms with E-state index < -0.39 is 0 Å². The minimum atomic E-state index is 0.860. The molecule has 0 saturated carbocycles. The van der Waals surface area contributed by atoms with Crippen molar-refractivity contribution in [2.75, 3.05) is 7.05 Å². The number of rotatable bonds is 3. The Morgan fingerprint density at radius 1 is 0.480 bits per heavy atom. The van der Waals surface area contributed by atoms with E-state index in [-0.39, 0.29) is 0 Å². The fourth-order valence-corrected chi connectivity index (χ4v) is 6.89. The van der Waals surface area contributed by atoms with E-state index in [1.165, 1.54) is 0 Å². The third-order valence-corrected chi connectivity index (χ3v) is 9.34. The molecule has 5 aliphatic rings. The molecule has 0 unspecified atom stereocenters. The summed E-state index contributed by atoms with van der Waals surface area (Å²) in [6, 6.07) is 29.5. The number of hydrogen-bond acceptors (Lipinski definition) is 4. The van der Waals surface area contributed by atoms with Crippen LogP contribution >= 0.6 is 0 Å². The lowest BCUT2D eigenvalue weighted by atomic mass is 9.97. The molecule has 238 valence electrons. The highest BCUT2D eigenvalue weighted by atomic mass is 15.0. The number of aliphatic imine (C=N–C) groups is 3. The zero-order valence-corrected chi connectivity index (χ0v) is 27.7. The molecule has 50 heavy (non-hydrogen) atoms. The minimum absolute atomic E-state index is 0.860. The second kappa shape index (κ2) is 12.1. The summed E-state index contributed by atoms with van der Waals surface area (Å²) in [6.07, 6.45) is 25.2. The van der Waals surface area contributed by atoms with Gasteiger partial charge in [0.1, 0.15) is 7.05 Å². The van der Waals surface area contributed by atoms with E-state index in [1.807, 2.05) is 35.7 Å². The van der Waals surface area contributed by atoms with Crippen molar-refractivity contribution in [1.29, 1.82) is 0 Å². The first-order valence-corrected chi connectivity index (χ1v) is 16.7. The molecule has 0 fully saturated rings. The number of benzene rings is 2. The summed E-state index contributed by atoms with van der Waals surface area (Å²) in [4.78, 5) is 21.9. The Balaban J connectivity index is 1.37. The molecule has 1 N–H and O–H groups in total. The molecule has 4 aromatic rings. The van der Waals surface area contributed by atoms with Crippen molar-refractivity contribution in [1.82, 2.24) is 9.88 Å². The van der Waals surface area contributed by atoms with E-state index >= 15 is 0 Å². The van der Waals surface area contributed by atoms with Crippen molar-refractivity contribution < 1.29 is 4.57 Å². The average Bonchev–Trinajstić information content (AvgIpc) is 3.98. The topological polar surface area (TPSA) is 60.0 Å². The fraction of sp³-hybridized carbons (Fsp3) is 0.0455. The van der Waals surface area contributed by atoms with Gasteiger partial charge < -0.3 is 9.88 Å². The van der Waals surface area contributed by atoms with Crippen LogP contribution in [0.4, 0.5) is 0 Å². The van der Waals surface area contributed by atoms with Crippen LogP contribution in [-0.4, -0.2) is 34.1 Å². The van der Waals surface area contributed by atoms with Gasteiger partial charge in [-0.15, -0.1) is 0 Å². The molecule has 8 bridgehead atoms. The van der Waals surface area contributed by atoms with Crippen LogP contribution < -0.4 is 4.57 Å². The summed E-state index contributed by atoms with van der Waals surface area (Å²) in [5, 5.41) is 0. The van der Waals surface area contributed by atoms with E-state index in [4.69, 9.17) is 15.0 Å². The number of nitrogens with one attached hydrogen (secondary N) is 1. The average molecular weight is 646 g/mol. The Kier molecular flexibility index (Phi) is 7.13. The number of fused-ring (bicyclic) bond motifs is 5. The summed E-state index contributed by atoms with van der Waals surface area (Å²) >= 11 is 0. The van der Waals surface area contributed by atoms with Gasteiger partial charge in [0.25, 0.3) is 0 Å². The normalized spacial score (nSPS) is 17.8. The van der Waals surface area contributed by atoms with Gasteiger partial charge in [-0.2, -0.15) is 0 Å². The summed E-state index contributed by atoms with van der Waals surface area (Å²) in [7, 11) is 4.06. The number of aryl methyl sites for hydroxylation is 1. The molecule has 2 aromatic carbocycles. The molecule has 0 aliphatic carbocycles. The SMILES string of the molecule is CN1C=CC(=C2C3=NC(=C(c4ccccc4)C4=NC(=C(c5cc[n+](C)cc5)c5ccc([nH]5)C(c5ccccc5)=C5C=CC2=N5)C=C4)C=C3)C=C1. The van der Waals surface area contributed by atoms with Crippen LogP contribution in [0.3, 0.4) is 0 Å². The van der Waals surface area contributed by atoms with Crippen molar-refractivity contribution >= 4 is 33.9 Å². The Labute approximate surface area is 291 Å². The van der Waals surface area contributed by atoms with Crippen LogP contribution in [0.15, 0.2) is 202 Å². The summed E-state index contributed by atoms with van der Waals surface area (Å²) in [5.41, 5.74) is 15.5. The van der Waals surface area contributed by atoms with E-state index in [1.54, 1.807) is 0 Å². The minimum Gasteiger partial charge on any atom is -0.357 e. The number of allylic oxidation sites excluding steroid dienone is 11. The predicted octanol–water partition coefficient (Wildman–Crippen LogP) is 8.08. The highest BCUT2D eigenvalue weighted by molar-refractivity contribution is 6.36. The predicted molar refractivity (Wildman–Crippen MR) is 203 cm³/mol. The summed E-state index contributed by atoms with van der Waals surface area (Å²) in [5.74, 6) is 0. The lowest BCUT2D eigenvalue weighted by Gasteiger charge is -2.16. The van der Waals surface area contributed by atoms with Crippen molar-refractivity contribution in [2.24, 2.45) is 22.0 Å². The maximum atomic E-state index is 5.35. The Morgan fingerprint density at radius 3 is 1.44 bits per heavy atom. The molecule has 2 aromatic heterocycles. The number of aromatic amines is 1. The fourth-order valence-electron chi connectivity index (χ4n) is 6.89. The lowest BCUT2D eigenvalue weighted by Crippen LogP contribution is -2.25. The standard InChI is InChI=1S/C44H33N6/c1-49-25-21-31(22-26-49)43-37-17-13-33(45-37)41(29-9-5-3-6-10-29)35-15-19-39(47-35)44(32-23-27-50(2)28-24-32)40-20-16-36(48-40)42(30-11-7-4-8-12-30)34-14-18-38(43)46-34/h3-28,45H,1-2H3/q+1. The first-order chi connectivity index (χ1) is 24.6. The summed E-state index contributed by atoms with van der Waals surface area (Å²) in [6.45, 7) is 0. The molecule has 5 aliphatic heterocycles. The van der Waals surface area contributed by atoms with E-state index in [0.29, 0.717) is 0 Å². The van der Waals surface area contributed by atoms with Gasteiger partial charge in [-0.1, -0.05) is 60.7 Å². The number of H-pyrrole nitrogens is 1. The van der Waals surface area contributed by atoms with Gasteiger partial charge in [-0.3, -0.25) is 0 Å². The Morgan fingerprint density at radius 2 is 0.920 bits per heavy atom. The maximum Gasteiger partial charge on any atom is 0.169 e. The Bertz CT molecular complexity index is 2430. The van der Waals surface area contributed by atoms with Crippen LogP contribution in [0.2, 0.25) is 0 Å². The van der Waals surface area contributed by atoms with Crippen LogP contribution in [0.25, 0.3) is 16.7 Å². The van der Waals surface area contributed by atoms with Gasteiger partial charge in [0.2, 0.25) is 0 Å². The Hall–Kier alpha value is -6.66. The van der Waals surface area contributed by atoms with Gasteiger partial charge in [0.05, 0.1) is 34.2 Å². The monoisotopic (exact) mass is 645 g/mol. The number of hydrogen-bond donors (Lipinski definition) is 1. The van der Waals surface area contributed by atoms with E-state index in [2.05, 4.69) is 151 Å². The van der Waals surface area contributed by atoms with Crippen molar-refractivity contribution in [3.8, 4) is 0 Å². The van der Waals surface area contributed by atoms with Crippen LogP contribution in [0.1, 0.15) is 28.1 Å². The molecular formula is C44H33N6+. The third-order valence-electron chi connectivity index (χ3n) is 9.34. The zero-order chi connectivity index (χ0) is 33.6. The van der Waals surface area contributed by atoms with E-state index in [9.17, 15) is 0 Å². The molecular weight excluding hydrogens is 613 g/mol. The van der Waals surface area contributed by atoms with E-state index in [0.717, 1.165) is 90.2 Å². The van der Waals surface area contributed by atoms with Gasteiger partial charge in [-0.25, -0.2) is 19.5 Å². The first kappa shape index (κ1) is 29.5. The largest absolute Gasteiger partial charge is 0.357 e. The van der Waals surface area contributed by atoms with Gasteiger partial charge >= 0.3 is 0 Å². The van der Waals surface area contributed by atoms with Crippen molar-refractivity contribution in [2.45, 2.75) is 0 Å². The zero-order valence-electron chi connectivity index (χ0n) is 27.7. The highest BCUT2D eigenvalue weighted by Crippen LogP contribution is 2.38. The van der Waals surface area contributed by atoms with Crippen molar-refractivity contribution in [3.63, 3.8) is 0 Å². The molecule has 0 spiro atoms. The number of nitrogens with zero attached hydrogens (tertiary/aromatic N) is 5. The highest BCUT2D eigenvalue weighted by Gasteiger charge is 2.27. The molecule has 7 heterocycles. The number of pyridine rings is 1. The second-order valence-electron chi connectivity index (χ2n) is 12.7.